The van der Waals surface area contributed by atoms with Gasteiger partial charge in [-0.1, -0.05) is 17.7 Å². The van der Waals surface area contributed by atoms with Crippen molar-refractivity contribution in [3.8, 4) is 5.69 Å². The minimum atomic E-state index is 0.172. The Labute approximate surface area is 124 Å². The highest BCUT2D eigenvalue weighted by atomic mass is 16.5. The van der Waals surface area contributed by atoms with Gasteiger partial charge in [0.25, 0.3) is 0 Å². The van der Waals surface area contributed by atoms with Gasteiger partial charge in [0, 0.05) is 30.7 Å². The van der Waals surface area contributed by atoms with Crippen molar-refractivity contribution in [1.29, 1.82) is 0 Å². The van der Waals surface area contributed by atoms with Crippen molar-refractivity contribution in [2.45, 2.75) is 13.3 Å². The van der Waals surface area contributed by atoms with Crippen LogP contribution in [0.3, 0.4) is 0 Å². The number of carbonyl (C=O) groups is 1. The molecule has 0 spiro atoms. The summed E-state index contributed by atoms with van der Waals surface area (Å²) < 4.78 is 7.37. The fourth-order valence-corrected chi connectivity index (χ4v) is 2.60. The summed E-state index contributed by atoms with van der Waals surface area (Å²) in [7, 11) is 0. The minimum absolute atomic E-state index is 0.172. The van der Waals surface area contributed by atoms with Crippen molar-refractivity contribution < 1.29 is 9.53 Å². The molecule has 1 saturated heterocycles. The van der Waals surface area contributed by atoms with E-state index in [4.69, 9.17) is 4.74 Å². The minimum Gasteiger partial charge on any atom is -0.378 e. The number of ether oxygens (including phenoxy) is 1. The van der Waals surface area contributed by atoms with Crippen LogP contribution in [0.4, 0.5) is 0 Å². The number of hydrogen-bond acceptors (Lipinski definition) is 2. The summed E-state index contributed by atoms with van der Waals surface area (Å²) in [6, 6.07) is 12.3. The molecule has 1 aliphatic heterocycles. The largest absolute Gasteiger partial charge is 0.378 e. The molecular formula is C17H20N2O2. The number of hydrogen-bond donors (Lipinski definition) is 0. The lowest BCUT2D eigenvalue weighted by atomic mass is 10.2. The van der Waals surface area contributed by atoms with E-state index in [0.29, 0.717) is 32.7 Å². The highest BCUT2D eigenvalue weighted by Crippen LogP contribution is 2.15. The molecule has 110 valence electrons. The van der Waals surface area contributed by atoms with Crippen molar-refractivity contribution in [3.05, 3.63) is 53.9 Å². The number of carbonyl (C=O) groups excluding carboxylic acids is 1. The number of aryl methyl sites for hydroxylation is 1. The summed E-state index contributed by atoms with van der Waals surface area (Å²) >= 11 is 0. The molecule has 2 heterocycles. The molecule has 1 aromatic carbocycles. The van der Waals surface area contributed by atoms with Crippen molar-refractivity contribution in [3.63, 3.8) is 0 Å². The van der Waals surface area contributed by atoms with Gasteiger partial charge in [-0.15, -0.1) is 0 Å². The molecule has 4 heteroatoms. The number of amides is 1. The summed E-state index contributed by atoms with van der Waals surface area (Å²) in [6.45, 7) is 4.76. The summed E-state index contributed by atoms with van der Waals surface area (Å²) in [6.07, 6.45) is 2.44. The Morgan fingerprint density at radius 1 is 1.14 bits per heavy atom. The lowest BCUT2D eigenvalue weighted by Gasteiger charge is -2.27. The molecule has 0 bridgehead atoms. The van der Waals surface area contributed by atoms with E-state index in [0.717, 1.165) is 11.4 Å². The van der Waals surface area contributed by atoms with Gasteiger partial charge in [-0.2, -0.15) is 0 Å². The quantitative estimate of drug-likeness (QED) is 0.866. The van der Waals surface area contributed by atoms with Gasteiger partial charge >= 0.3 is 0 Å². The number of rotatable bonds is 3. The lowest BCUT2D eigenvalue weighted by Crippen LogP contribution is -2.41. The smallest absolute Gasteiger partial charge is 0.228 e. The van der Waals surface area contributed by atoms with Crippen LogP contribution in [-0.4, -0.2) is 41.7 Å². The predicted molar refractivity (Wildman–Crippen MR) is 81.6 cm³/mol. The van der Waals surface area contributed by atoms with Crippen molar-refractivity contribution in [1.82, 2.24) is 9.47 Å². The molecule has 2 aromatic rings. The molecule has 1 aliphatic rings. The van der Waals surface area contributed by atoms with Crippen LogP contribution in [0, 0.1) is 6.92 Å². The molecule has 0 saturated carbocycles. The van der Waals surface area contributed by atoms with Crippen LogP contribution in [0.2, 0.25) is 0 Å². The van der Waals surface area contributed by atoms with Crippen LogP contribution in [0.5, 0.6) is 0 Å². The Bertz CT molecular complexity index is 610. The number of nitrogens with zero attached hydrogens (tertiary/aromatic N) is 2. The van der Waals surface area contributed by atoms with E-state index in [2.05, 4.69) is 35.8 Å². The van der Waals surface area contributed by atoms with E-state index < -0.39 is 0 Å². The Morgan fingerprint density at radius 2 is 1.86 bits per heavy atom. The van der Waals surface area contributed by atoms with Gasteiger partial charge in [-0.05, 0) is 31.2 Å². The summed E-state index contributed by atoms with van der Waals surface area (Å²) in [5.74, 6) is 0.172. The maximum absolute atomic E-state index is 12.4. The summed E-state index contributed by atoms with van der Waals surface area (Å²) in [5, 5.41) is 0. The first kappa shape index (κ1) is 13.9. The third-order valence-corrected chi connectivity index (χ3v) is 3.84. The Hall–Kier alpha value is -2.07. The second-order valence-electron chi connectivity index (χ2n) is 5.38. The monoisotopic (exact) mass is 284 g/mol. The zero-order chi connectivity index (χ0) is 14.7. The van der Waals surface area contributed by atoms with Crippen LogP contribution in [0.1, 0.15) is 11.3 Å². The molecule has 1 fully saturated rings. The van der Waals surface area contributed by atoms with Crippen molar-refractivity contribution in [2.75, 3.05) is 26.3 Å². The molecule has 1 aromatic heterocycles. The zero-order valence-corrected chi connectivity index (χ0v) is 12.3. The molecule has 3 rings (SSSR count). The average Bonchev–Trinajstić information content (AvgIpc) is 2.97. The fourth-order valence-electron chi connectivity index (χ4n) is 2.60. The third kappa shape index (κ3) is 3.16. The van der Waals surface area contributed by atoms with Crippen LogP contribution in [0.15, 0.2) is 42.6 Å². The molecule has 0 radical (unpaired) electrons. The first-order valence-electron chi connectivity index (χ1n) is 7.33. The third-order valence-electron chi connectivity index (χ3n) is 3.84. The van der Waals surface area contributed by atoms with Crippen LogP contribution >= 0.6 is 0 Å². The van der Waals surface area contributed by atoms with E-state index in [1.54, 1.807) is 0 Å². The Kier molecular flexibility index (Phi) is 4.06. The second-order valence-corrected chi connectivity index (χ2v) is 5.38. The Morgan fingerprint density at radius 3 is 2.57 bits per heavy atom. The number of benzene rings is 1. The maximum atomic E-state index is 12.4. The van der Waals surface area contributed by atoms with Crippen LogP contribution in [0.25, 0.3) is 5.69 Å². The molecule has 0 N–H and O–H groups in total. The first-order chi connectivity index (χ1) is 10.2. The van der Waals surface area contributed by atoms with Gasteiger partial charge in [0.05, 0.1) is 19.6 Å². The van der Waals surface area contributed by atoms with Gasteiger partial charge in [-0.25, -0.2) is 0 Å². The molecular weight excluding hydrogens is 264 g/mol. The SMILES string of the molecule is Cc1ccc(-n2cccc2CC(=O)N2CCOCC2)cc1. The van der Waals surface area contributed by atoms with Gasteiger partial charge in [0.1, 0.15) is 0 Å². The van der Waals surface area contributed by atoms with Gasteiger partial charge in [0.2, 0.25) is 5.91 Å². The number of morpholine rings is 1. The standard InChI is InChI=1S/C17H20N2O2/c1-14-4-6-15(7-5-14)19-8-2-3-16(19)13-17(20)18-9-11-21-12-10-18/h2-8H,9-13H2,1H3. The van der Waals surface area contributed by atoms with E-state index in [-0.39, 0.29) is 5.91 Å². The van der Waals surface area contributed by atoms with E-state index in [1.165, 1.54) is 5.56 Å². The molecule has 0 atom stereocenters. The van der Waals surface area contributed by atoms with Crippen molar-refractivity contribution in [2.24, 2.45) is 0 Å². The van der Waals surface area contributed by atoms with Gasteiger partial charge in [-0.3, -0.25) is 4.79 Å². The van der Waals surface area contributed by atoms with Crippen LogP contribution < -0.4 is 0 Å². The zero-order valence-electron chi connectivity index (χ0n) is 12.3. The van der Waals surface area contributed by atoms with Gasteiger partial charge in [0.15, 0.2) is 0 Å². The second kappa shape index (κ2) is 6.14. The summed E-state index contributed by atoms with van der Waals surface area (Å²) in [4.78, 5) is 14.2. The first-order valence-corrected chi connectivity index (χ1v) is 7.33. The van der Waals surface area contributed by atoms with Crippen molar-refractivity contribution >= 4 is 5.91 Å². The summed E-state index contributed by atoms with van der Waals surface area (Å²) in [5.41, 5.74) is 3.35. The lowest BCUT2D eigenvalue weighted by molar-refractivity contribution is -0.134. The van der Waals surface area contributed by atoms with E-state index >= 15 is 0 Å². The predicted octanol–water partition coefficient (Wildman–Crippen LogP) is 2.19. The fraction of sp³-hybridized carbons (Fsp3) is 0.353. The van der Waals surface area contributed by atoms with Gasteiger partial charge < -0.3 is 14.2 Å². The molecule has 21 heavy (non-hydrogen) atoms. The molecule has 1 amide bonds. The average molecular weight is 284 g/mol. The topological polar surface area (TPSA) is 34.5 Å². The van der Waals surface area contributed by atoms with E-state index in [9.17, 15) is 4.79 Å². The normalized spacial score (nSPS) is 15.2. The number of aromatic nitrogens is 1. The highest BCUT2D eigenvalue weighted by molar-refractivity contribution is 5.78. The van der Waals surface area contributed by atoms with Crippen LogP contribution in [-0.2, 0) is 16.0 Å². The molecule has 4 nitrogen and oxygen atoms in total. The molecule has 0 unspecified atom stereocenters. The highest BCUT2D eigenvalue weighted by Gasteiger charge is 2.18. The Balaban J connectivity index is 1.76. The van der Waals surface area contributed by atoms with E-state index in [1.807, 2.05) is 23.2 Å². The maximum Gasteiger partial charge on any atom is 0.228 e. The molecule has 0 aliphatic carbocycles.